The normalized spacial score (nSPS) is 17.5. The first kappa shape index (κ1) is 20.0. The molecule has 1 amide bonds. The quantitative estimate of drug-likeness (QED) is 0.799. The zero-order chi connectivity index (χ0) is 20.3. The van der Waals surface area contributed by atoms with Gasteiger partial charge in [-0.1, -0.05) is 24.3 Å². The summed E-state index contributed by atoms with van der Waals surface area (Å²) in [4.78, 5) is 16.5. The number of fused-ring (bicyclic) bond motifs is 1. The molecular formula is C22H25F2N3O. The Kier molecular flexibility index (Phi) is 5.79. The average molecular weight is 385 g/mol. The molecule has 0 saturated heterocycles. The molecule has 4 nitrogen and oxygen atoms in total. The van der Waals surface area contributed by atoms with Crippen molar-refractivity contribution >= 4 is 22.9 Å². The highest BCUT2D eigenvalue weighted by molar-refractivity contribution is 6.08. The molecule has 2 aromatic rings. The highest BCUT2D eigenvalue weighted by atomic mass is 19.3. The Labute approximate surface area is 164 Å². The number of hydrogen-bond acceptors (Lipinski definition) is 3. The number of anilines is 2. The van der Waals surface area contributed by atoms with Crippen molar-refractivity contribution in [3.8, 4) is 0 Å². The number of carbonyl (C=O) groups is 1. The van der Waals surface area contributed by atoms with Gasteiger partial charge in [0, 0.05) is 41.9 Å². The molecule has 0 aliphatic carbocycles. The van der Waals surface area contributed by atoms with Gasteiger partial charge < -0.3 is 15.5 Å². The average Bonchev–Trinajstić information content (AvgIpc) is 2.76. The first-order chi connectivity index (χ1) is 13.3. The van der Waals surface area contributed by atoms with Gasteiger partial charge in [-0.05, 0) is 50.8 Å². The number of hydrogen-bond donors (Lipinski definition) is 1. The number of allylic oxidation sites excluding steroid dienone is 1. The van der Waals surface area contributed by atoms with Gasteiger partial charge in [-0.15, -0.1) is 0 Å². The van der Waals surface area contributed by atoms with Crippen molar-refractivity contribution in [1.82, 2.24) is 4.90 Å². The lowest BCUT2D eigenvalue weighted by molar-refractivity contribution is 0.0599. The van der Waals surface area contributed by atoms with Gasteiger partial charge in [-0.3, -0.25) is 4.79 Å². The first-order valence-electron chi connectivity index (χ1n) is 9.29. The van der Waals surface area contributed by atoms with Crippen LogP contribution in [0.2, 0.25) is 0 Å². The van der Waals surface area contributed by atoms with E-state index in [2.05, 4.69) is 0 Å². The second-order valence-electron chi connectivity index (χ2n) is 7.26. The number of alkyl halides is 2. The van der Waals surface area contributed by atoms with Crippen LogP contribution in [-0.2, 0) is 0 Å². The van der Waals surface area contributed by atoms with Gasteiger partial charge in [-0.2, -0.15) is 0 Å². The Hall–Kier alpha value is -2.73. The Morgan fingerprint density at radius 2 is 1.86 bits per heavy atom. The summed E-state index contributed by atoms with van der Waals surface area (Å²) < 4.78 is 30.0. The number of nitrogens with zero attached hydrogens (tertiary/aromatic N) is 2. The molecule has 2 aromatic carbocycles. The summed E-state index contributed by atoms with van der Waals surface area (Å²) in [6, 6.07) is 13.4. The van der Waals surface area contributed by atoms with Gasteiger partial charge in [0.2, 0.25) is 0 Å². The Balaban J connectivity index is 2.02. The van der Waals surface area contributed by atoms with Crippen molar-refractivity contribution in [3.05, 3.63) is 65.7 Å². The van der Waals surface area contributed by atoms with Gasteiger partial charge in [0.15, 0.2) is 0 Å². The summed E-state index contributed by atoms with van der Waals surface area (Å²) in [5.41, 5.74) is 7.58. The van der Waals surface area contributed by atoms with E-state index in [4.69, 9.17) is 5.73 Å². The van der Waals surface area contributed by atoms with E-state index in [0.29, 0.717) is 35.5 Å². The Morgan fingerprint density at radius 1 is 1.18 bits per heavy atom. The predicted molar refractivity (Wildman–Crippen MR) is 110 cm³/mol. The maximum atomic E-state index is 15.0. The summed E-state index contributed by atoms with van der Waals surface area (Å²) in [7, 11) is 3.81. The molecule has 6 heteroatoms. The van der Waals surface area contributed by atoms with Gasteiger partial charge in [0.1, 0.15) is 0 Å². The van der Waals surface area contributed by atoms with Crippen LogP contribution in [0.25, 0.3) is 5.57 Å². The van der Waals surface area contributed by atoms with E-state index in [1.54, 1.807) is 54.6 Å². The lowest BCUT2D eigenvalue weighted by Gasteiger charge is -2.22. The third-order valence-corrected chi connectivity index (χ3v) is 4.86. The molecule has 0 bridgehead atoms. The second-order valence-corrected chi connectivity index (χ2v) is 7.26. The molecule has 28 heavy (non-hydrogen) atoms. The van der Waals surface area contributed by atoms with Crippen LogP contribution in [0, 0.1) is 0 Å². The maximum Gasteiger partial charge on any atom is 0.275 e. The number of rotatable bonds is 4. The fraction of sp³-hybridized carbons (Fsp3) is 0.318. The molecule has 1 heterocycles. The van der Waals surface area contributed by atoms with Crippen LogP contribution in [-0.4, -0.2) is 43.9 Å². The van der Waals surface area contributed by atoms with Crippen molar-refractivity contribution in [1.29, 1.82) is 0 Å². The smallest absolute Gasteiger partial charge is 0.275 e. The van der Waals surface area contributed by atoms with E-state index in [1.165, 1.54) is 4.90 Å². The van der Waals surface area contributed by atoms with Crippen molar-refractivity contribution in [3.63, 3.8) is 0 Å². The predicted octanol–water partition coefficient (Wildman–Crippen LogP) is 4.29. The van der Waals surface area contributed by atoms with E-state index >= 15 is 0 Å². The van der Waals surface area contributed by atoms with E-state index in [9.17, 15) is 13.6 Å². The topological polar surface area (TPSA) is 49.6 Å². The maximum absolute atomic E-state index is 15.0. The van der Waals surface area contributed by atoms with E-state index in [1.807, 2.05) is 19.0 Å². The van der Waals surface area contributed by atoms with Crippen molar-refractivity contribution in [2.75, 3.05) is 37.8 Å². The molecule has 1 aliphatic rings. The van der Waals surface area contributed by atoms with Gasteiger partial charge >= 0.3 is 0 Å². The molecule has 0 atom stereocenters. The van der Waals surface area contributed by atoms with Crippen LogP contribution >= 0.6 is 0 Å². The molecule has 2 N–H and O–H groups in total. The molecular weight excluding hydrogens is 360 g/mol. The fourth-order valence-corrected chi connectivity index (χ4v) is 3.36. The number of nitrogens with two attached hydrogens (primary N) is 1. The number of halogens is 2. The van der Waals surface area contributed by atoms with Crippen LogP contribution < -0.4 is 10.6 Å². The minimum atomic E-state index is -3.00. The van der Waals surface area contributed by atoms with E-state index in [-0.39, 0.29) is 18.0 Å². The number of carbonyl (C=O) groups excluding carboxylic acids is 1. The minimum absolute atomic E-state index is 0.00226. The van der Waals surface area contributed by atoms with E-state index in [0.717, 1.165) is 0 Å². The molecule has 0 spiro atoms. The van der Waals surface area contributed by atoms with Crippen LogP contribution in [0.4, 0.5) is 20.2 Å². The van der Waals surface area contributed by atoms with Crippen LogP contribution in [0.5, 0.6) is 0 Å². The zero-order valence-electron chi connectivity index (χ0n) is 16.2. The molecule has 0 unspecified atom stereocenters. The molecule has 0 aromatic heterocycles. The molecule has 0 saturated carbocycles. The second kappa shape index (κ2) is 8.10. The molecule has 0 fully saturated rings. The Bertz CT molecular complexity index is 876. The highest BCUT2D eigenvalue weighted by Crippen LogP contribution is 2.43. The molecule has 1 aliphatic heterocycles. The monoisotopic (exact) mass is 385 g/mol. The van der Waals surface area contributed by atoms with Crippen LogP contribution in [0.15, 0.2) is 54.6 Å². The van der Waals surface area contributed by atoms with Crippen LogP contribution in [0.1, 0.15) is 28.8 Å². The zero-order valence-corrected chi connectivity index (χ0v) is 16.2. The third-order valence-electron chi connectivity index (χ3n) is 4.86. The fourth-order valence-electron chi connectivity index (χ4n) is 3.36. The molecule has 148 valence electrons. The summed E-state index contributed by atoms with van der Waals surface area (Å²) in [5.74, 6) is -3.31. The van der Waals surface area contributed by atoms with Gasteiger partial charge in [-0.25, -0.2) is 8.78 Å². The lowest BCUT2D eigenvalue weighted by atomic mass is 9.96. The number of nitrogen functional groups attached to an aromatic ring is 1. The summed E-state index contributed by atoms with van der Waals surface area (Å²) in [5, 5.41) is 0. The number of benzene rings is 2. The third kappa shape index (κ3) is 4.22. The standard InChI is InChI=1S/C22H25F2N3O/c1-26(2)14-5-7-19-18-6-3-4-8-20(18)27(15-13-22(19,23)24)21(28)16-9-11-17(25)12-10-16/h3-4,6-12H,5,13-15,25H2,1-2H3. The molecule has 3 rings (SSSR count). The van der Waals surface area contributed by atoms with Gasteiger partial charge in [0.25, 0.3) is 11.8 Å². The summed E-state index contributed by atoms with van der Waals surface area (Å²) in [6.45, 7) is 0.619. The highest BCUT2D eigenvalue weighted by Gasteiger charge is 2.40. The van der Waals surface area contributed by atoms with E-state index < -0.39 is 12.3 Å². The minimum Gasteiger partial charge on any atom is -0.399 e. The Morgan fingerprint density at radius 3 is 2.54 bits per heavy atom. The summed E-state index contributed by atoms with van der Waals surface area (Å²) in [6.07, 6.45) is 1.70. The molecule has 0 radical (unpaired) electrons. The van der Waals surface area contributed by atoms with Crippen LogP contribution in [0.3, 0.4) is 0 Å². The SMILES string of the molecule is CN(C)CCC=C1c2ccccc2N(C(=O)c2ccc(N)cc2)CCC1(F)F. The first-order valence-corrected chi connectivity index (χ1v) is 9.29. The van der Waals surface area contributed by atoms with Gasteiger partial charge in [0.05, 0.1) is 5.69 Å². The van der Waals surface area contributed by atoms with Crippen molar-refractivity contribution in [2.24, 2.45) is 0 Å². The lowest BCUT2D eigenvalue weighted by Crippen LogP contribution is -2.33. The summed E-state index contributed by atoms with van der Waals surface area (Å²) >= 11 is 0. The number of para-hydroxylation sites is 1. The number of amides is 1. The van der Waals surface area contributed by atoms with Crippen molar-refractivity contribution in [2.45, 2.75) is 18.8 Å². The largest absolute Gasteiger partial charge is 0.399 e. The van der Waals surface area contributed by atoms with Crippen molar-refractivity contribution < 1.29 is 13.6 Å².